The Labute approximate surface area is 125 Å². The van der Waals surface area contributed by atoms with Crippen molar-refractivity contribution in [1.29, 1.82) is 0 Å². The predicted octanol–water partition coefficient (Wildman–Crippen LogP) is 0.652. The van der Waals surface area contributed by atoms with Crippen LogP contribution in [0.25, 0.3) is 0 Å². The van der Waals surface area contributed by atoms with Crippen molar-refractivity contribution in [2.75, 3.05) is 47.1 Å². The van der Waals surface area contributed by atoms with Gasteiger partial charge in [-0.2, -0.15) is 0 Å². The molecule has 6 heteroatoms. The van der Waals surface area contributed by atoms with Gasteiger partial charge in [-0.3, -0.25) is 4.79 Å². The van der Waals surface area contributed by atoms with Gasteiger partial charge in [-0.25, -0.2) is 0 Å². The number of hydrogen-bond acceptors (Lipinski definition) is 5. The first-order valence-electron chi connectivity index (χ1n) is 7.01. The monoisotopic (exact) mass is 294 g/mol. The fourth-order valence-electron chi connectivity index (χ4n) is 2.23. The van der Waals surface area contributed by atoms with Crippen molar-refractivity contribution in [2.45, 2.75) is 6.54 Å². The minimum Gasteiger partial charge on any atom is -0.493 e. The molecule has 0 saturated carbocycles. The molecule has 1 N–H and O–H groups in total. The van der Waals surface area contributed by atoms with Crippen LogP contribution in [-0.2, 0) is 16.1 Å². The molecule has 0 aliphatic carbocycles. The van der Waals surface area contributed by atoms with Gasteiger partial charge in [0.1, 0.15) is 0 Å². The lowest BCUT2D eigenvalue weighted by molar-refractivity contribution is -0.134. The Hall–Kier alpha value is -1.79. The predicted molar refractivity (Wildman–Crippen MR) is 78.7 cm³/mol. The summed E-state index contributed by atoms with van der Waals surface area (Å²) in [6.07, 6.45) is 0. The second-order valence-electron chi connectivity index (χ2n) is 4.79. The van der Waals surface area contributed by atoms with Gasteiger partial charge in [-0.15, -0.1) is 0 Å². The van der Waals surface area contributed by atoms with E-state index in [9.17, 15) is 4.79 Å². The highest BCUT2D eigenvalue weighted by molar-refractivity contribution is 5.78. The average molecular weight is 294 g/mol. The third-order valence-electron chi connectivity index (χ3n) is 3.42. The summed E-state index contributed by atoms with van der Waals surface area (Å²) >= 11 is 0. The summed E-state index contributed by atoms with van der Waals surface area (Å²) in [5.41, 5.74) is 1.04. The first-order chi connectivity index (χ1) is 10.2. The standard InChI is InChI=1S/C15H22N2O4/c1-19-13-4-3-12(9-14(13)20-2)10-16-11-15(18)17-5-7-21-8-6-17/h3-4,9,16H,5-8,10-11H2,1-2H3. The summed E-state index contributed by atoms with van der Waals surface area (Å²) in [7, 11) is 3.22. The van der Waals surface area contributed by atoms with Crippen LogP contribution in [0.4, 0.5) is 0 Å². The first kappa shape index (κ1) is 15.6. The molecule has 1 heterocycles. The van der Waals surface area contributed by atoms with E-state index >= 15 is 0 Å². The van der Waals surface area contributed by atoms with Crippen molar-refractivity contribution in [3.05, 3.63) is 23.8 Å². The van der Waals surface area contributed by atoms with Crippen LogP contribution in [0.2, 0.25) is 0 Å². The van der Waals surface area contributed by atoms with Crippen LogP contribution in [0.15, 0.2) is 18.2 Å². The summed E-state index contributed by atoms with van der Waals surface area (Å²) in [5, 5.41) is 3.16. The van der Waals surface area contributed by atoms with Gasteiger partial charge in [0.05, 0.1) is 34.0 Å². The molecule has 0 unspecified atom stereocenters. The number of carbonyl (C=O) groups is 1. The minimum atomic E-state index is 0.110. The van der Waals surface area contributed by atoms with Gasteiger partial charge in [0.15, 0.2) is 11.5 Å². The zero-order valence-electron chi connectivity index (χ0n) is 12.6. The van der Waals surface area contributed by atoms with E-state index in [4.69, 9.17) is 14.2 Å². The van der Waals surface area contributed by atoms with Crippen LogP contribution in [0.1, 0.15) is 5.56 Å². The SMILES string of the molecule is COc1ccc(CNCC(=O)N2CCOCC2)cc1OC. The van der Waals surface area contributed by atoms with Crippen molar-refractivity contribution in [1.82, 2.24) is 10.2 Å². The van der Waals surface area contributed by atoms with Crippen molar-refractivity contribution >= 4 is 5.91 Å². The molecule has 0 atom stereocenters. The summed E-state index contributed by atoms with van der Waals surface area (Å²) in [5.74, 6) is 1.50. The Morgan fingerprint density at radius 3 is 2.62 bits per heavy atom. The molecule has 21 heavy (non-hydrogen) atoms. The van der Waals surface area contributed by atoms with Gasteiger partial charge in [-0.05, 0) is 17.7 Å². The number of ether oxygens (including phenoxy) is 3. The summed E-state index contributed by atoms with van der Waals surface area (Å²) in [6.45, 7) is 3.54. The van der Waals surface area contributed by atoms with Gasteiger partial charge < -0.3 is 24.4 Å². The lowest BCUT2D eigenvalue weighted by Crippen LogP contribution is -2.44. The second kappa shape index (κ2) is 7.85. The lowest BCUT2D eigenvalue weighted by atomic mass is 10.2. The highest BCUT2D eigenvalue weighted by Crippen LogP contribution is 2.27. The Bertz CT molecular complexity index is 473. The van der Waals surface area contributed by atoms with E-state index in [2.05, 4.69) is 5.32 Å². The molecule has 0 spiro atoms. The van der Waals surface area contributed by atoms with E-state index < -0.39 is 0 Å². The lowest BCUT2D eigenvalue weighted by Gasteiger charge is -2.26. The quantitative estimate of drug-likeness (QED) is 0.835. The molecule has 6 nitrogen and oxygen atoms in total. The van der Waals surface area contributed by atoms with E-state index in [0.29, 0.717) is 50.9 Å². The third-order valence-corrected chi connectivity index (χ3v) is 3.42. The Balaban J connectivity index is 1.81. The number of nitrogens with zero attached hydrogens (tertiary/aromatic N) is 1. The van der Waals surface area contributed by atoms with E-state index in [1.54, 1.807) is 14.2 Å². The molecule has 1 aliphatic heterocycles. The van der Waals surface area contributed by atoms with Crippen molar-refractivity contribution < 1.29 is 19.0 Å². The van der Waals surface area contributed by atoms with Gasteiger partial charge >= 0.3 is 0 Å². The fourth-order valence-corrected chi connectivity index (χ4v) is 2.23. The fraction of sp³-hybridized carbons (Fsp3) is 0.533. The number of nitrogens with one attached hydrogen (secondary N) is 1. The molecule has 0 bridgehead atoms. The van der Waals surface area contributed by atoms with Crippen LogP contribution >= 0.6 is 0 Å². The summed E-state index contributed by atoms with van der Waals surface area (Å²) in [4.78, 5) is 13.8. The van der Waals surface area contributed by atoms with Crippen molar-refractivity contribution in [3.8, 4) is 11.5 Å². The maximum atomic E-state index is 12.0. The minimum absolute atomic E-state index is 0.110. The number of amides is 1. The molecule has 2 rings (SSSR count). The molecule has 1 aromatic rings. The average Bonchev–Trinajstić information content (AvgIpc) is 2.55. The smallest absolute Gasteiger partial charge is 0.236 e. The van der Waals surface area contributed by atoms with Crippen LogP contribution in [0.5, 0.6) is 11.5 Å². The third kappa shape index (κ3) is 4.34. The zero-order chi connectivity index (χ0) is 15.1. The summed E-state index contributed by atoms with van der Waals surface area (Å²) in [6, 6.07) is 5.72. The van der Waals surface area contributed by atoms with E-state index in [0.717, 1.165) is 5.56 Å². The molecule has 0 radical (unpaired) electrons. The van der Waals surface area contributed by atoms with Gasteiger partial charge in [0.2, 0.25) is 5.91 Å². The van der Waals surface area contributed by atoms with Crippen LogP contribution in [0, 0.1) is 0 Å². The number of morpholine rings is 1. The van der Waals surface area contributed by atoms with Crippen LogP contribution in [-0.4, -0.2) is 57.9 Å². The topological polar surface area (TPSA) is 60.0 Å². The van der Waals surface area contributed by atoms with Crippen molar-refractivity contribution in [2.24, 2.45) is 0 Å². The molecule has 1 aromatic carbocycles. The van der Waals surface area contributed by atoms with E-state index in [1.807, 2.05) is 23.1 Å². The molecular formula is C15H22N2O4. The molecule has 0 aromatic heterocycles. The first-order valence-corrected chi connectivity index (χ1v) is 7.01. The Morgan fingerprint density at radius 2 is 1.95 bits per heavy atom. The molecule has 1 fully saturated rings. The van der Waals surface area contributed by atoms with Crippen molar-refractivity contribution in [3.63, 3.8) is 0 Å². The molecule has 1 amide bonds. The van der Waals surface area contributed by atoms with Crippen LogP contribution in [0.3, 0.4) is 0 Å². The second-order valence-corrected chi connectivity index (χ2v) is 4.79. The maximum absolute atomic E-state index is 12.0. The maximum Gasteiger partial charge on any atom is 0.236 e. The van der Waals surface area contributed by atoms with Crippen LogP contribution < -0.4 is 14.8 Å². The van der Waals surface area contributed by atoms with Gasteiger partial charge in [-0.1, -0.05) is 6.07 Å². The van der Waals surface area contributed by atoms with Gasteiger partial charge in [0, 0.05) is 19.6 Å². The van der Waals surface area contributed by atoms with E-state index in [-0.39, 0.29) is 5.91 Å². The largest absolute Gasteiger partial charge is 0.493 e. The molecular weight excluding hydrogens is 272 g/mol. The number of benzene rings is 1. The summed E-state index contributed by atoms with van der Waals surface area (Å²) < 4.78 is 15.7. The number of hydrogen-bond donors (Lipinski definition) is 1. The number of methoxy groups -OCH3 is 2. The number of carbonyl (C=O) groups excluding carboxylic acids is 1. The molecule has 1 aliphatic rings. The van der Waals surface area contributed by atoms with Gasteiger partial charge in [0.25, 0.3) is 0 Å². The molecule has 116 valence electrons. The highest BCUT2D eigenvalue weighted by atomic mass is 16.5. The highest BCUT2D eigenvalue weighted by Gasteiger charge is 2.16. The molecule has 1 saturated heterocycles. The van der Waals surface area contributed by atoms with E-state index in [1.165, 1.54) is 0 Å². The normalized spacial score (nSPS) is 14.9. The Morgan fingerprint density at radius 1 is 1.24 bits per heavy atom. The zero-order valence-corrected chi connectivity index (χ0v) is 12.6. The Kier molecular flexibility index (Phi) is 5.83. The number of rotatable bonds is 6.